The minimum atomic E-state index is -0.258. The Morgan fingerprint density at radius 1 is 1.43 bits per heavy atom. The quantitative estimate of drug-likeness (QED) is 0.820. The Morgan fingerprint density at radius 3 is 2.95 bits per heavy atom. The Bertz CT molecular complexity index is 559. The van der Waals surface area contributed by atoms with E-state index in [9.17, 15) is 14.4 Å². The third-order valence-corrected chi connectivity index (χ3v) is 3.22. The van der Waals surface area contributed by atoms with Crippen LogP contribution >= 0.6 is 0 Å². The van der Waals surface area contributed by atoms with E-state index in [-0.39, 0.29) is 37.1 Å². The smallest absolute Gasteiger partial charge is 0.239 e. The lowest BCUT2D eigenvalue weighted by molar-refractivity contribution is -0.138. The molecule has 0 radical (unpaired) electrons. The van der Waals surface area contributed by atoms with Gasteiger partial charge in [0.15, 0.2) is 0 Å². The Balaban J connectivity index is 1.80. The molecule has 1 aromatic rings. The van der Waals surface area contributed by atoms with Crippen molar-refractivity contribution < 1.29 is 14.4 Å². The van der Waals surface area contributed by atoms with Crippen LogP contribution in [-0.4, -0.2) is 47.2 Å². The maximum atomic E-state index is 11.9. The van der Waals surface area contributed by atoms with Crippen LogP contribution in [-0.2, 0) is 14.4 Å². The van der Waals surface area contributed by atoms with Crippen LogP contribution in [0.1, 0.15) is 18.4 Å². The second-order valence-corrected chi connectivity index (χ2v) is 4.88. The molecule has 1 aromatic heterocycles. The van der Waals surface area contributed by atoms with Crippen LogP contribution in [0.4, 0.5) is 5.82 Å². The molecule has 2 N–H and O–H groups in total. The number of amides is 3. The molecule has 2 rings (SSSR count). The molecule has 0 unspecified atom stereocenters. The molecule has 7 nitrogen and oxygen atoms in total. The third kappa shape index (κ3) is 4.27. The number of anilines is 1. The Kier molecular flexibility index (Phi) is 4.86. The number of aromatic nitrogens is 1. The number of hydrogen-bond donors (Lipinski definition) is 2. The first-order chi connectivity index (χ1) is 10.1. The van der Waals surface area contributed by atoms with E-state index in [0.717, 1.165) is 5.56 Å². The molecule has 0 saturated carbocycles. The average Bonchev–Trinajstić information content (AvgIpc) is 2.47. The van der Waals surface area contributed by atoms with Gasteiger partial charge in [0.1, 0.15) is 5.82 Å². The van der Waals surface area contributed by atoms with Crippen molar-refractivity contribution in [2.75, 3.05) is 25.0 Å². The number of piperazine rings is 1. The van der Waals surface area contributed by atoms with Gasteiger partial charge >= 0.3 is 0 Å². The van der Waals surface area contributed by atoms with Crippen molar-refractivity contribution in [1.82, 2.24) is 15.2 Å². The zero-order valence-corrected chi connectivity index (χ0v) is 11.9. The van der Waals surface area contributed by atoms with E-state index in [1.165, 1.54) is 4.90 Å². The number of carbonyl (C=O) groups is 3. The summed E-state index contributed by atoms with van der Waals surface area (Å²) in [5, 5.41) is 5.33. The van der Waals surface area contributed by atoms with Crippen molar-refractivity contribution in [3.8, 4) is 0 Å². The van der Waals surface area contributed by atoms with Gasteiger partial charge in [0, 0.05) is 32.1 Å². The summed E-state index contributed by atoms with van der Waals surface area (Å²) >= 11 is 0. The fraction of sp³-hybridized carbons (Fsp3) is 0.429. The summed E-state index contributed by atoms with van der Waals surface area (Å²) in [6, 6.07) is 3.63. The predicted octanol–water partition coefficient (Wildman–Crippen LogP) is 0.0671. The molecule has 21 heavy (non-hydrogen) atoms. The van der Waals surface area contributed by atoms with Crippen molar-refractivity contribution >= 4 is 23.5 Å². The molecule has 0 aliphatic carbocycles. The Labute approximate surface area is 122 Å². The van der Waals surface area contributed by atoms with Crippen LogP contribution < -0.4 is 10.6 Å². The highest BCUT2D eigenvalue weighted by atomic mass is 16.2. The SMILES string of the molecule is Cc1cccnc1NC(=O)CCC(=O)N1CCNC(=O)C1. The van der Waals surface area contributed by atoms with Gasteiger partial charge in [-0.25, -0.2) is 4.98 Å². The molecule has 112 valence electrons. The lowest BCUT2D eigenvalue weighted by Crippen LogP contribution is -2.50. The molecule has 1 aliphatic rings. The van der Waals surface area contributed by atoms with E-state index in [1.54, 1.807) is 12.3 Å². The second-order valence-electron chi connectivity index (χ2n) is 4.88. The van der Waals surface area contributed by atoms with Gasteiger partial charge in [-0.1, -0.05) is 6.07 Å². The van der Waals surface area contributed by atoms with Crippen molar-refractivity contribution in [2.45, 2.75) is 19.8 Å². The highest BCUT2D eigenvalue weighted by Gasteiger charge is 2.21. The summed E-state index contributed by atoms with van der Waals surface area (Å²) in [5.41, 5.74) is 0.866. The number of aryl methyl sites for hydroxylation is 1. The van der Waals surface area contributed by atoms with Crippen LogP contribution in [0.2, 0.25) is 0 Å². The van der Waals surface area contributed by atoms with Crippen molar-refractivity contribution in [3.05, 3.63) is 23.9 Å². The largest absolute Gasteiger partial charge is 0.353 e. The molecule has 3 amide bonds. The Hall–Kier alpha value is -2.44. The minimum Gasteiger partial charge on any atom is -0.353 e. The van der Waals surface area contributed by atoms with Crippen LogP contribution in [0.25, 0.3) is 0 Å². The highest BCUT2D eigenvalue weighted by molar-refractivity contribution is 5.93. The van der Waals surface area contributed by atoms with Gasteiger partial charge < -0.3 is 15.5 Å². The first-order valence-electron chi connectivity index (χ1n) is 6.82. The van der Waals surface area contributed by atoms with Gasteiger partial charge in [-0.15, -0.1) is 0 Å². The van der Waals surface area contributed by atoms with Gasteiger partial charge in [0.05, 0.1) is 6.54 Å². The molecule has 0 atom stereocenters. The summed E-state index contributed by atoms with van der Waals surface area (Å²) in [6.45, 7) is 2.87. The summed E-state index contributed by atoms with van der Waals surface area (Å²) in [6.07, 6.45) is 1.76. The van der Waals surface area contributed by atoms with Crippen LogP contribution in [0.3, 0.4) is 0 Å². The number of nitrogens with one attached hydrogen (secondary N) is 2. The number of nitrogens with zero attached hydrogens (tertiary/aromatic N) is 2. The normalized spacial score (nSPS) is 14.5. The molecule has 1 aliphatic heterocycles. The number of hydrogen-bond acceptors (Lipinski definition) is 4. The molecule has 0 bridgehead atoms. The molecule has 7 heteroatoms. The van der Waals surface area contributed by atoms with E-state index in [1.807, 2.05) is 13.0 Å². The lowest BCUT2D eigenvalue weighted by Gasteiger charge is -2.26. The Morgan fingerprint density at radius 2 is 2.24 bits per heavy atom. The molecule has 2 heterocycles. The molecule has 0 aromatic carbocycles. The van der Waals surface area contributed by atoms with Gasteiger partial charge in [0.2, 0.25) is 17.7 Å². The zero-order chi connectivity index (χ0) is 15.2. The van der Waals surface area contributed by atoms with E-state index < -0.39 is 0 Å². The van der Waals surface area contributed by atoms with Crippen molar-refractivity contribution in [3.63, 3.8) is 0 Å². The lowest BCUT2D eigenvalue weighted by atomic mass is 10.2. The second kappa shape index (κ2) is 6.83. The summed E-state index contributed by atoms with van der Waals surface area (Å²) in [7, 11) is 0. The minimum absolute atomic E-state index is 0.0692. The zero-order valence-electron chi connectivity index (χ0n) is 11.9. The standard InChI is InChI=1S/C14H18N4O3/c1-10-3-2-6-16-14(10)17-11(19)4-5-13(21)18-8-7-15-12(20)9-18/h2-3,6H,4-5,7-9H2,1H3,(H,15,20)(H,16,17,19). The van der Waals surface area contributed by atoms with E-state index in [2.05, 4.69) is 15.6 Å². The predicted molar refractivity (Wildman–Crippen MR) is 76.4 cm³/mol. The number of rotatable bonds is 4. The first-order valence-corrected chi connectivity index (χ1v) is 6.82. The van der Waals surface area contributed by atoms with Crippen LogP contribution in [0.15, 0.2) is 18.3 Å². The number of pyridine rings is 1. The fourth-order valence-electron chi connectivity index (χ4n) is 2.04. The van der Waals surface area contributed by atoms with Gasteiger partial charge in [0.25, 0.3) is 0 Å². The van der Waals surface area contributed by atoms with Crippen molar-refractivity contribution in [1.29, 1.82) is 0 Å². The van der Waals surface area contributed by atoms with E-state index in [4.69, 9.17) is 0 Å². The average molecular weight is 290 g/mol. The van der Waals surface area contributed by atoms with Gasteiger partial charge in [-0.05, 0) is 18.6 Å². The number of carbonyl (C=O) groups excluding carboxylic acids is 3. The maximum Gasteiger partial charge on any atom is 0.239 e. The third-order valence-electron chi connectivity index (χ3n) is 3.22. The fourth-order valence-corrected chi connectivity index (χ4v) is 2.04. The van der Waals surface area contributed by atoms with Gasteiger partial charge in [-0.2, -0.15) is 0 Å². The molecular formula is C14H18N4O3. The molecular weight excluding hydrogens is 272 g/mol. The van der Waals surface area contributed by atoms with Crippen LogP contribution in [0, 0.1) is 6.92 Å². The van der Waals surface area contributed by atoms with Crippen molar-refractivity contribution in [2.24, 2.45) is 0 Å². The maximum absolute atomic E-state index is 11.9. The van der Waals surface area contributed by atoms with E-state index >= 15 is 0 Å². The van der Waals surface area contributed by atoms with Gasteiger partial charge in [-0.3, -0.25) is 14.4 Å². The summed E-state index contributed by atoms with van der Waals surface area (Å²) in [5.74, 6) is -0.0974. The molecule has 0 spiro atoms. The molecule has 1 saturated heterocycles. The topological polar surface area (TPSA) is 91.4 Å². The molecule has 1 fully saturated rings. The highest BCUT2D eigenvalue weighted by Crippen LogP contribution is 2.10. The van der Waals surface area contributed by atoms with Crippen LogP contribution in [0.5, 0.6) is 0 Å². The monoisotopic (exact) mass is 290 g/mol. The summed E-state index contributed by atoms with van der Waals surface area (Å²) < 4.78 is 0. The summed E-state index contributed by atoms with van der Waals surface area (Å²) in [4.78, 5) is 40.5. The van der Waals surface area contributed by atoms with E-state index in [0.29, 0.717) is 18.9 Å². The first kappa shape index (κ1) is 15.0.